The molecule has 0 spiro atoms. The van der Waals surface area contributed by atoms with Crippen LogP contribution in [0.2, 0.25) is 0 Å². The highest BCUT2D eigenvalue weighted by Crippen LogP contribution is 2.43. The lowest BCUT2D eigenvalue weighted by Gasteiger charge is -2.37. The molecule has 2 bridgehead atoms. The van der Waals surface area contributed by atoms with Crippen molar-refractivity contribution < 1.29 is 4.74 Å². The van der Waals surface area contributed by atoms with Gasteiger partial charge in [0.1, 0.15) is 5.75 Å². The van der Waals surface area contributed by atoms with E-state index in [9.17, 15) is 0 Å². The molecule has 3 aliphatic rings. The van der Waals surface area contributed by atoms with E-state index < -0.39 is 0 Å². The third kappa shape index (κ3) is 3.46. The number of hydrogen-bond donors (Lipinski definition) is 0. The average Bonchev–Trinajstić information content (AvgIpc) is 3.20. The highest BCUT2D eigenvalue weighted by Gasteiger charge is 2.36. The summed E-state index contributed by atoms with van der Waals surface area (Å²) in [6, 6.07) is 8.50. The van der Waals surface area contributed by atoms with Crippen molar-refractivity contribution in [2.75, 3.05) is 39.8 Å². The summed E-state index contributed by atoms with van der Waals surface area (Å²) in [5.74, 6) is 3.66. The molecule has 1 aromatic carbocycles. The van der Waals surface area contributed by atoms with Crippen LogP contribution in [0.25, 0.3) is 0 Å². The van der Waals surface area contributed by atoms with E-state index in [-0.39, 0.29) is 0 Å². The predicted molar refractivity (Wildman–Crippen MR) is 93.6 cm³/mol. The first kappa shape index (κ1) is 15.2. The van der Waals surface area contributed by atoms with Crippen molar-refractivity contribution in [2.45, 2.75) is 19.4 Å². The number of hydrogen-bond acceptors (Lipinski definition) is 3. The monoisotopic (exact) mass is 312 g/mol. The molecule has 23 heavy (non-hydrogen) atoms. The number of allylic oxidation sites excluding steroid dienone is 2. The Morgan fingerprint density at radius 3 is 2.30 bits per heavy atom. The molecule has 3 nitrogen and oxygen atoms in total. The lowest BCUT2D eigenvalue weighted by molar-refractivity contribution is 0.108. The van der Waals surface area contributed by atoms with Gasteiger partial charge in [-0.05, 0) is 48.3 Å². The Bertz CT molecular complexity index is 545. The number of methoxy groups -OCH3 is 1. The second-order valence-corrected chi connectivity index (χ2v) is 7.47. The third-order valence-corrected chi connectivity index (χ3v) is 5.94. The van der Waals surface area contributed by atoms with Crippen LogP contribution in [-0.2, 0) is 6.54 Å². The smallest absolute Gasteiger partial charge is 0.118 e. The number of ether oxygens (including phenoxy) is 1. The molecule has 3 atom stereocenters. The molecule has 4 rings (SSSR count). The minimum Gasteiger partial charge on any atom is -0.497 e. The van der Waals surface area contributed by atoms with Gasteiger partial charge < -0.3 is 9.64 Å². The SMILES string of the molecule is COc1ccc(CN2CCN(C[C@@H]3C[C@@H]4C=C[C@@H]3C4)CC2)cc1. The maximum Gasteiger partial charge on any atom is 0.118 e. The number of piperazine rings is 1. The fourth-order valence-electron chi connectivity index (χ4n) is 4.56. The zero-order valence-corrected chi connectivity index (χ0v) is 14.2. The first-order chi connectivity index (χ1) is 11.3. The van der Waals surface area contributed by atoms with Crippen LogP contribution in [0.5, 0.6) is 5.75 Å². The summed E-state index contributed by atoms with van der Waals surface area (Å²) >= 11 is 0. The molecule has 1 aliphatic heterocycles. The van der Waals surface area contributed by atoms with Gasteiger partial charge in [0.15, 0.2) is 0 Å². The number of rotatable bonds is 5. The lowest BCUT2D eigenvalue weighted by atomic mass is 9.93. The molecule has 124 valence electrons. The van der Waals surface area contributed by atoms with Crippen molar-refractivity contribution in [1.82, 2.24) is 9.80 Å². The number of fused-ring (bicyclic) bond motifs is 2. The zero-order chi connectivity index (χ0) is 15.6. The van der Waals surface area contributed by atoms with Crippen LogP contribution in [0.3, 0.4) is 0 Å². The van der Waals surface area contributed by atoms with E-state index in [2.05, 4.69) is 46.2 Å². The maximum absolute atomic E-state index is 5.23. The van der Waals surface area contributed by atoms with E-state index in [4.69, 9.17) is 4.74 Å². The van der Waals surface area contributed by atoms with Crippen LogP contribution in [0.1, 0.15) is 18.4 Å². The van der Waals surface area contributed by atoms with Crippen LogP contribution in [0.15, 0.2) is 36.4 Å². The first-order valence-electron chi connectivity index (χ1n) is 9.06. The molecular formula is C20H28N2O. The van der Waals surface area contributed by atoms with Crippen molar-refractivity contribution in [3.8, 4) is 5.75 Å². The van der Waals surface area contributed by atoms with Gasteiger partial charge in [-0.3, -0.25) is 4.90 Å². The average molecular weight is 312 g/mol. The highest BCUT2D eigenvalue weighted by atomic mass is 16.5. The number of benzene rings is 1. The summed E-state index contributed by atoms with van der Waals surface area (Å²) in [6.45, 7) is 7.24. The standard InChI is InChI=1S/C20H28N2O/c1-23-20-6-3-16(4-7-20)14-21-8-10-22(11-9-21)15-19-13-17-2-5-18(19)12-17/h2-7,17-19H,8-15H2,1H3/t17-,18-,19+/m1/s1. The van der Waals surface area contributed by atoms with E-state index >= 15 is 0 Å². The van der Waals surface area contributed by atoms with Gasteiger partial charge in [-0.15, -0.1) is 0 Å². The minimum atomic E-state index is 0.886. The van der Waals surface area contributed by atoms with Gasteiger partial charge in [0.05, 0.1) is 7.11 Å². The van der Waals surface area contributed by atoms with Crippen LogP contribution in [0.4, 0.5) is 0 Å². The van der Waals surface area contributed by atoms with Gasteiger partial charge in [-0.2, -0.15) is 0 Å². The van der Waals surface area contributed by atoms with E-state index in [0.717, 1.165) is 30.0 Å². The van der Waals surface area contributed by atoms with Crippen LogP contribution in [0, 0.1) is 17.8 Å². The highest BCUT2D eigenvalue weighted by molar-refractivity contribution is 5.27. The van der Waals surface area contributed by atoms with Crippen molar-refractivity contribution in [3.05, 3.63) is 42.0 Å². The van der Waals surface area contributed by atoms with E-state index in [1.807, 2.05) is 0 Å². The Morgan fingerprint density at radius 1 is 0.957 bits per heavy atom. The Morgan fingerprint density at radius 2 is 1.70 bits per heavy atom. The van der Waals surface area contributed by atoms with E-state index in [0.29, 0.717) is 0 Å². The lowest BCUT2D eigenvalue weighted by Crippen LogP contribution is -2.47. The molecule has 0 unspecified atom stereocenters. The predicted octanol–water partition coefficient (Wildman–Crippen LogP) is 3.03. The summed E-state index contributed by atoms with van der Waals surface area (Å²) in [5.41, 5.74) is 1.39. The van der Waals surface area contributed by atoms with Crippen LogP contribution < -0.4 is 4.74 Å². The molecule has 1 aromatic rings. The van der Waals surface area contributed by atoms with E-state index in [1.54, 1.807) is 7.11 Å². The summed E-state index contributed by atoms with van der Waals surface area (Å²) in [7, 11) is 1.72. The summed E-state index contributed by atoms with van der Waals surface area (Å²) < 4.78 is 5.23. The Kier molecular flexibility index (Phi) is 4.41. The third-order valence-electron chi connectivity index (χ3n) is 5.94. The molecule has 3 heteroatoms. The summed E-state index contributed by atoms with van der Waals surface area (Å²) in [6.07, 6.45) is 7.81. The fourth-order valence-corrected chi connectivity index (χ4v) is 4.56. The molecule has 0 radical (unpaired) electrons. The summed E-state index contributed by atoms with van der Waals surface area (Å²) in [4.78, 5) is 5.28. The van der Waals surface area contributed by atoms with Crippen LogP contribution >= 0.6 is 0 Å². The maximum atomic E-state index is 5.23. The van der Waals surface area contributed by atoms with Gasteiger partial charge in [-0.25, -0.2) is 0 Å². The van der Waals surface area contributed by atoms with Gasteiger partial charge in [0.25, 0.3) is 0 Å². The topological polar surface area (TPSA) is 15.7 Å². The molecule has 1 saturated heterocycles. The Balaban J connectivity index is 1.23. The van der Waals surface area contributed by atoms with Crippen LogP contribution in [-0.4, -0.2) is 49.6 Å². The molecule has 1 saturated carbocycles. The molecule has 0 amide bonds. The quantitative estimate of drug-likeness (QED) is 0.777. The van der Waals surface area contributed by atoms with Gasteiger partial charge >= 0.3 is 0 Å². The number of nitrogens with zero attached hydrogens (tertiary/aromatic N) is 2. The van der Waals surface area contributed by atoms with Crippen molar-refractivity contribution >= 4 is 0 Å². The second-order valence-electron chi connectivity index (χ2n) is 7.47. The van der Waals surface area contributed by atoms with E-state index in [1.165, 1.54) is 51.1 Å². The molecular weight excluding hydrogens is 284 g/mol. The molecule has 2 aliphatic carbocycles. The molecule has 0 N–H and O–H groups in total. The second kappa shape index (κ2) is 6.66. The van der Waals surface area contributed by atoms with Gasteiger partial charge in [0.2, 0.25) is 0 Å². The largest absolute Gasteiger partial charge is 0.497 e. The fraction of sp³-hybridized carbons (Fsp3) is 0.600. The van der Waals surface area contributed by atoms with Crippen molar-refractivity contribution in [1.29, 1.82) is 0 Å². The van der Waals surface area contributed by atoms with Gasteiger partial charge in [0, 0.05) is 39.3 Å². The normalized spacial score (nSPS) is 30.9. The summed E-state index contributed by atoms with van der Waals surface area (Å²) in [5, 5.41) is 0. The zero-order valence-electron chi connectivity index (χ0n) is 14.2. The molecule has 0 aromatic heterocycles. The Hall–Kier alpha value is -1.32. The Labute approximate surface area is 139 Å². The first-order valence-corrected chi connectivity index (χ1v) is 9.06. The van der Waals surface area contributed by atoms with Gasteiger partial charge in [-0.1, -0.05) is 24.3 Å². The minimum absolute atomic E-state index is 0.886. The van der Waals surface area contributed by atoms with Crippen molar-refractivity contribution in [2.24, 2.45) is 17.8 Å². The molecule has 2 fully saturated rings. The molecule has 1 heterocycles. The van der Waals surface area contributed by atoms with Crippen molar-refractivity contribution in [3.63, 3.8) is 0 Å².